The molecule has 1 N–H and O–H groups in total. The molecule has 0 spiro atoms. The first-order valence-corrected chi connectivity index (χ1v) is 10.7. The van der Waals surface area contributed by atoms with E-state index in [1.165, 1.54) is 0 Å². The van der Waals surface area contributed by atoms with E-state index in [9.17, 15) is 14.7 Å². The van der Waals surface area contributed by atoms with E-state index in [0.29, 0.717) is 12.2 Å². The number of hydrogen-bond donors (Lipinski definition) is 1. The van der Waals surface area contributed by atoms with Crippen molar-refractivity contribution in [1.29, 1.82) is 0 Å². The Hall–Kier alpha value is -3.08. The van der Waals surface area contributed by atoms with Crippen LogP contribution in [0.5, 0.6) is 5.75 Å². The molecule has 0 aromatic heterocycles. The monoisotopic (exact) mass is 403 g/mol. The highest BCUT2D eigenvalue weighted by Gasteiger charge is 2.49. The fourth-order valence-electron chi connectivity index (χ4n) is 5.07. The summed E-state index contributed by atoms with van der Waals surface area (Å²) < 4.78 is 5.56. The number of carbonyl (C=O) groups excluding carboxylic acids is 2. The van der Waals surface area contributed by atoms with Crippen LogP contribution in [0.15, 0.2) is 48.0 Å². The number of Topliss-reactive ketones (excluding diaryl/α,β-unsaturated/α-hetero) is 1. The number of fused-ring (bicyclic) bond motifs is 1. The molecule has 5 rings (SSSR count). The lowest BCUT2D eigenvalue weighted by Gasteiger charge is -2.31. The SMILES string of the molecule is Cc1cccc(C2/C(=C(/O)c3ccc4c(c3)CCO4)C(=O)C(=O)N2C2CCCC2)c1. The van der Waals surface area contributed by atoms with Gasteiger partial charge in [-0.2, -0.15) is 0 Å². The van der Waals surface area contributed by atoms with E-state index in [4.69, 9.17) is 4.74 Å². The number of ether oxygens (including phenoxy) is 1. The quantitative estimate of drug-likeness (QED) is 0.472. The van der Waals surface area contributed by atoms with Crippen LogP contribution in [-0.4, -0.2) is 34.3 Å². The van der Waals surface area contributed by atoms with Gasteiger partial charge >= 0.3 is 0 Å². The Morgan fingerprint density at radius 3 is 2.67 bits per heavy atom. The third-order valence-corrected chi connectivity index (χ3v) is 6.52. The number of aryl methyl sites for hydroxylation is 1. The topological polar surface area (TPSA) is 66.8 Å². The largest absolute Gasteiger partial charge is 0.507 e. The van der Waals surface area contributed by atoms with Gasteiger partial charge in [0.15, 0.2) is 0 Å². The van der Waals surface area contributed by atoms with Crippen molar-refractivity contribution in [2.45, 2.75) is 51.1 Å². The zero-order valence-corrected chi connectivity index (χ0v) is 17.1. The maximum Gasteiger partial charge on any atom is 0.295 e. The number of rotatable bonds is 3. The number of likely N-dealkylation sites (tertiary alicyclic amines) is 1. The van der Waals surface area contributed by atoms with Crippen LogP contribution in [0.25, 0.3) is 5.76 Å². The minimum absolute atomic E-state index is 0.0330. The van der Waals surface area contributed by atoms with Crippen molar-refractivity contribution in [3.63, 3.8) is 0 Å². The average molecular weight is 403 g/mol. The maximum absolute atomic E-state index is 13.2. The molecule has 2 aromatic carbocycles. The molecule has 154 valence electrons. The van der Waals surface area contributed by atoms with Gasteiger partial charge < -0.3 is 14.7 Å². The summed E-state index contributed by atoms with van der Waals surface area (Å²) in [7, 11) is 0. The zero-order valence-electron chi connectivity index (χ0n) is 17.1. The van der Waals surface area contributed by atoms with Crippen molar-refractivity contribution in [2.24, 2.45) is 0 Å². The van der Waals surface area contributed by atoms with Crippen LogP contribution in [0.4, 0.5) is 0 Å². The van der Waals surface area contributed by atoms with Crippen molar-refractivity contribution in [3.8, 4) is 5.75 Å². The second kappa shape index (κ2) is 7.31. The second-order valence-corrected chi connectivity index (χ2v) is 8.48. The molecule has 2 heterocycles. The standard InChI is InChI=1S/C25H25NO4/c1-15-5-4-6-17(13-15)22-21(24(28)25(29)26(22)19-7-2-3-8-19)23(27)18-9-10-20-16(14-18)11-12-30-20/h4-6,9-10,13-14,19,22,27H,2-3,7-8,11-12H2,1H3/b23-21-. The molecule has 1 amide bonds. The Bertz CT molecular complexity index is 1060. The van der Waals surface area contributed by atoms with Gasteiger partial charge in [-0.1, -0.05) is 42.7 Å². The summed E-state index contributed by atoms with van der Waals surface area (Å²) >= 11 is 0. The summed E-state index contributed by atoms with van der Waals surface area (Å²) in [5, 5.41) is 11.2. The molecule has 1 saturated carbocycles. The predicted octanol–water partition coefficient (Wildman–Crippen LogP) is 4.29. The van der Waals surface area contributed by atoms with Gasteiger partial charge in [-0.05, 0) is 49.1 Å². The van der Waals surface area contributed by atoms with Crippen molar-refractivity contribution in [1.82, 2.24) is 4.90 Å². The maximum atomic E-state index is 13.2. The van der Waals surface area contributed by atoms with Crippen molar-refractivity contribution in [3.05, 3.63) is 70.3 Å². The molecule has 1 unspecified atom stereocenters. The van der Waals surface area contributed by atoms with Gasteiger partial charge in [0.05, 0.1) is 18.2 Å². The fraction of sp³-hybridized carbons (Fsp3) is 0.360. The van der Waals surface area contributed by atoms with Crippen LogP contribution >= 0.6 is 0 Å². The van der Waals surface area contributed by atoms with Crippen LogP contribution in [0.3, 0.4) is 0 Å². The van der Waals surface area contributed by atoms with Crippen LogP contribution in [0.1, 0.15) is 54.0 Å². The van der Waals surface area contributed by atoms with Crippen LogP contribution in [0, 0.1) is 6.92 Å². The van der Waals surface area contributed by atoms with Gasteiger partial charge in [-0.25, -0.2) is 0 Å². The summed E-state index contributed by atoms with van der Waals surface area (Å²) in [6.45, 7) is 2.61. The summed E-state index contributed by atoms with van der Waals surface area (Å²) in [6, 6.07) is 12.8. The molecule has 2 aromatic rings. The Kier molecular flexibility index (Phi) is 4.61. The number of carbonyl (C=O) groups is 2. The summed E-state index contributed by atoms with van der Waals surface area (Å²) in [5.41, 5.74) is 3.68. The summed E-state index contributed by atoms with van der Waals surface area (Å²) in [5.74, 6) is -0.384. The summed E-state index contributed by atoms with van der Waals surface area (Å²) in [4.78, 5) is 28.0. The Balaban J connectivity index is 1.67. The molecule has 3 aliphatic rings. The first-order valence-electron chi connectivity index (χ1n) is 10.7. The lowest BCUT2D eigenvalue weighted by atomic mass is 9.93. The molecule has 5 nitrogen and oxygen atoms in total. The highest BCUT2D eigenvalue weighted by Crippen LogP contribution is 2.44. The van der Waals surface area contributed by atoms with Crippen molar-refractivity contribution < 1.29 is 19.4 Å². The predicted molar refractivity (Wildman–Crippen MR) is 113 cm³/mol. The van der Waals surface area contributed by atoms with Crippen LogP contribution in [-0.2, 0) is 16.0 Å². The van der Waals surface area contributed by atoms with E-state index in [-0.39, 0.29) is 17.4 Å². The number of aliphatic hydroxyl groups is 1. The molecule has 2 aliphatic heterocycles. The summed E-state index contributed by atoms with van der Waals surface area (Å²) in [6.07, 6.45) is 4.67. The number of ketones is 1. The first kappa shape index (κ1) is 18.9. The average Bonchev–Trinajstić information content (AvgIpc) is 3.47. The molecule has 1 atom stereocenters. The van der Waals surface area contributed by atoms with Gasteiger partial charge in [0.1, 0.15) is 11.5 Å². The molecule has 1 aliphatic carbocycles. The fourth-order valence-corrected chi connectivity index (χ4v) is 5.07. The number of amides is 1. The molecule has 30 heavy (non-hydrogen) atoms. The number of hydrogen-bond acceptors (Lipinski definition) is 4. The smallest absolute Gasteiger partial charge is 0.295 e. The third kappa shape index (κ3) is 3.00. The van der Waals surface area contributed by atoms with E-state index in [0.717, 1.165) is 54.5 Å². The number of nitrogens with zero attached hydrogens (tertiary/aromatic N) is 1. The first-order chi connectivity index (χ1) is 14.5. The third-order valence-electron chi connectivity index (χ3n) is 6.52. The zero-order chi connectivity index (χ0) is 20.8. The van der Waals surface area contributed by atoms with Gasteiger partial charge in [-0.3, -0.25) is 9.59 Å². The van der Waals surface area contributed by atoms with E-state index in [1.54, 1.807) is 11.0 Å². The van der Waals surface area contributed by atoms with Crippen molar-refractivity contribution in [2.75, 3.05) is 6.61 Å². The van der Waals surface area contributed by atoms with Gasteiger partial charge in [0, 0.05) is 18.0 Å². The highest BCUT2D eigenvalue weighted by molar-refractivity contribution is 6.46. The molecular weight excluding hydrogens is 378 g/mol. The Labute approximate surface area is 176 Å². The Morgan fingerprint density at radius 2 is 1.90 bits per heavy atom. The molecule has 1 saturated heterocycles. The number of aliphatic hydroxyl groups excluding tert-OH is 1. The lowest BCUT2D eigenvalue weighted by Crippen LogP contribution is -2.37. The minimum Gasteiger partial charge on any atom is -0.507 e. The van der Waals surface area contributed by atoms with Gasteiger partial charge in [0.25, 0.3) is 11.7 Å². The number of benzene rings is 2. The molecule has 2 fully saturated rings. The van der Waals surface area contributed by atoms with Crippen molar-refractivity contribution >= 4 is 17.4 Å². The van der Waals surface area contributed by atoms with E-state index < -0.39 is 17.7 Å². The normalized spacial score (nSPS) is 23.1. The lowest BCUT2D eigenvalue weighted by molar-refractivity contribution is -0.141. The van der Waals surface area contributed by atoms with Gasteiger partial charge in [-0.15, -0.1) is 0 Å². The minimum atomic E-state index is -0.595. The molecule has 5 heteroatoms. The van der Waals surface area contributed by atoms with Crippen LogP contribution in [0.2, 0.25) is 0 Å². The van der Waals surface area contributed by atoms with E-state index in [1.807, 2.05) is 43.3 Å². The van der Waals surface area contributed by atoms with E-state index >= 15 is 0 Å². The highest BCUT2D eigenvalue weighted by atomic mass is 16.5. The molecular formula is C25H25NO4. The molecule has 0 bridgehead atoms. The molecule has 0 radical (unpaired) electrons. The van der Waals surface area contributed by atoms with E-state index in [2.05, 4.69) is 0 Å². The van der Waals surface area contributed by atoms with Gasteiger partial charge in [0.2, 0.25) is 0 Å². The van der Waals surface area contributed by atoms with Crippen LogP contribution < -0.4 is 4.74 Å². The second-order valence-electron chi connectivity index (χ2n) is 8.48. The Morgan fingerprint density at radius 1 is 1.10 bits per heavy atom.